The quantitative estimate of drug-likeness (QED) is 0.751. The first-order valence-electron chi connectivity index (χ1n) is 11.1. The van der Waals surface area contributed by atoms with Crippen LogP contribution in [0, 0.1) is 17.8 Å². The molecular weight excluding hydrogens is 400 g/mol. The first-order chi connectivity index (χ1) is 14.4. The summed E-state index contributed by atoms with van der Waals surface area (Å²) in [5.74, 6) is 2.86. The van der Waals surface area contributed by atoms with Crippen LogP contribution < -0.4 is 10.0 Å². The molecular formula is C22H30N4O3S. The van der Waals surface area contributed by atoms with E-state index in [4.69, 9.17) is 0 Å². The minimum atomic E-state index is -3.69. The van der Waals surface area contributed by atoms with Crippen molar-refractivity contribution in [2.75, 3.05) is 25.0 Å². The van der Waals surface area contributed by atoms with E-state index in [1.165, 1.54) is 44.2 Å². The molecule has 0 spiro atoms. The van der Waals surface area contributed by atoms with Crippen LogP contribution in [-0.4, -0.2) is 50.7 Å². The molecule has 1 aromatic rings. The maximum absolute atomic E-state index is 12.8. The molecule has 0 radical (unpaired) electrons. The van der Waals surface area contributed by atoms with E-state index in [-0.39, 0.29) is 10.8 Å². The summed E-state index contributed by atoms with van der Waals surface area (Å²) in [5.41, 5.74) is 0.511. The van der Waals surface area contributed by atoms with Gasteiger partial charge in [-0.15, -0.1) is 0 Å². The van der Waals surface area contributed by atoms with Crippen molar-refractivity contribution in [3.05, 3.63) is 24.3 Å². The van der Waals surface area contributed by atoms with Crippen LogP contribution in [-0.2, 0) is 14.8 Å². The van der Waals surface area contributed by atoms with E-state index < -0.39 is 10.0 Å². The molecule has 8 heteroatoms. The van der Waals surface area contributed by atoms with Gasteiger partial charge in [-0.05, 0) is 74.5 Å². The molecule has 5 aliphatic rings. The number of fused-ring (bicyclic) bond motifs is 1. The van der Waals surface area contributed by atoms with Crippen LogP contribution in [0.3, 0.4) is 0 Å². The van der Waals surface area contributed by atoms with Gasteiger partial charge in [0.05, 0.1) is 11.4 Å². The maximum atomic E-state index is 12.8. The Kier molecular flexibility index (Phi) is 5.31. The molecule has 2 atom stereocenters. The average molecular weight is 431 g/mol. The molecule has 7 nitrogen and oxygen atoms in total. The number of sulfonamides is 1. The van der Waals surface area contributed by atoms with Gasteiger partial charge in [-0.25, -0.2) is 8.42 Å². The van der Waals surface area contributed by atoms with Gasteiger partial charge < -0.3 is 5.32 Å². The molecule has 4 fully saturated rings. The summed E-state index contributed by atoms with van der Waals surface area (Å²) in [7, 11) is -3.69. The van der Waals surface area contributed by atoms with Crippen LogP contribution in [0.15, 0.2) is 34.2 Å². The number of amidine groups is 1. The number of benzene rings is 1. The summed E-state index contributed by atoms with van der Waals surface area (Å²) in [5, 5.41) is 2.92. The van der Waals surface area contributed by atoms with Gasteiger partial charge in [0.15, 0.2) is 0 Å². The zero-order valence-corrected chi connectivity index (χ0v) is 18.0. The lowest BCUT2D eigenvalue weighted by Crippen LogP contribution is -2.42. The number of amides is 1. The number of anilines is 1. The SMILES string of the molecule is O=C(CN1CC2CC3CC(C2)CC1C3)Nc1cccc(S(=O)(=O)NC2=NCCC2)c1. The predicted molar refractivity (Wildman–Crippen MR) is 116 cm³/mol. The lowest BCUT2D eigenvalue weighted by Gasteiger charge is -2.39. The molecule has 1 aromatic carbocycles. The number of hydrogen-bond acceptors (Lipinski definition) is 5. The number of rotatable bonds is 5. The average Bonchev–Trinajstić information content (AvgIpc) is 3.12. The second-order valence-electron chi connectivity index (χ2n) is 9.47. The van der Waals surface area contributed by atoms with Gasteiger partial charge in [-0.2, -0.15) is 0 Å². The highest BCUT2D eigenvalue weighted by atomic mass is 32.2. The first-order valence-corrected chi connectivity index (χ1v) is 12.6. The van der Waals surface area contributed by atoms with E-state index in [0.29, 0.717) is 37.1 Å². The van der Waals surface area contributed by atoms with Crippen molar-refractivity contribution in [3.63, 3.8) is 0 Å². The van der Waals surface area contributed by atoms with E-state index in [1.807, 2.05) is 0 Å². The van der Waals surface area contributed by atoms with Crippen LogP contribution in [0.2, 0.25) is 0 Å². The molecule has 162 valence electrons. The summed E-state index contributed by atoms with van der Waals surface area (Å²) >= 11 is 0. The van der Waals surface area contributed by atoms with E-state index in [0.717, 1.165) is 30.7 Å². The van der Waals surface area contributed by atoms with Gasteiger partial charge in [0.1, 0.15) is 5.84 Å². The van der Waals surface area contributed by atoms with Crippen LogP contribution in [0.5, 0.6) is 0 Å². The Morgan fingerprint density at radius 2 is 1.87 bits per heavy atom. The third-order valence-electron chi connectivity index (χ3n) is 7.12. The zero-order valence-electron chi connectivity index (χ0n) is 17.2. The topological polar surface area (TPSA) is 90.9 Å². The Morgan fingerprint density at radius 1 is 1.10 bits per heavy atom. The molecule has 6 rings (SSSR count). The molecule has 30 heavy (non-hydrogen) atoms. The highest BCUT2D eigenvalue weighted by Gasteiger charge is 2.42. The summed E-state index contributed by atoms with van der Waals surface area (Å²) in [6, 6.07) is 6.98. The van der Waals surface area contributed by atoms with Crippen molar-refractivity contribution in [2.24, 2.45) is 22.7 Å². The first kappa shape index (κ1) is 20.0. The monoisotopic (exact) mass is 430 g/mol. The molecule has 4 bridgehead atoms. The Hall–Kier alpha value is -1.93. The van der Waals surface area contributed by atoms with Gasteiger partial charge in [0, 0.05) is 31.2 Å². The molecule has 0 aromatic heterocycles. The fraction of sp³-hybridized carbons (Fsp3) is 0.636. The van der Waals surface area contributed by atoms with Gasteiger partial charge >= 0.3 is 0 Å². The predicted octanol–water partition coefficient (Wildman–Crippen LogP) is 2.61. The van der Waals surface area contributed by atoms with Crippen molar-refractivity contribution in [2.45, 2.75) is 55.9 Å². The van der Waals surface area contributed by atoms with Crippen molar-refractivity contribution in [1.29, 1.82) is 0 Å². The highest BCUT2D eigenvalue weighted by molar-refractivity contribution is 7.90. The molecule has 1 amide bonds. The molecule has 2 aliphatic carbocycles. The van der Waals surface area contributed by atoms with Gasteiger partial charge in [-0.3, -0.25) is 19.4 Å². The van der Waals surface area contributed by atoms with Crippen molar-refractivity contribution in [1.82, 2.24) is 9.62 Å². The fourth-order valence-corrected chi connectivity index (χ4v) is 7.17. The van der Waals surface area contributed by atoms with E-state index >= 15 is 0 Å². The number of nitrogens with one attached hydrogen (secondary N) is 2. The van der Waals surface area contributed by atoms with E-state index in [2.05, 4.69) is 19.9 Å². The van der Waals surface area contributed by atoms with Crippen LogP contribution >= 0.6 is 0 Å². The Balaban J connectivity index is 1.24. The summed E-state index contributed by atoms with van der Waals surface area (Å²) < 4.78 is 27.8. The normalized spacial score (nSPS) is 30.7. The van der Waals surface area contributed by atoms with Crippen LogP contribution in [0.1, 0.15) is 44.9 Å². The van der Waals surface area contributed by atoms with Crippen molar-refractivity contribution in [3.8, 4) is 0 Å². The smallest absolute Gasteiger partial charge is 0.262 e. The largest absolute Gasteiger partial charge is 0.325 e. The lowest BCUT2D eigenvalue weighted by molar-refractivity contribution is -0.118. The molecule has 2 saturated carbocycles. The van der Waals surface area contributed by atoms with Crippen LogP contribution in [0.4, 0.5) is 5.69 Å². The minimum absolute atomic E-state index is 0.0705. The van der Waals surface area contributed by atoms with E-state index in [9.17, 15) is 13.2 Å². The summed E-state index contributed by atoms with van der Waals surface area (Å²) in [4.78, 5) is 19.5. The number of aliphatic imine (C=N–C) groups is 1. The number of carbonyl (C=O) groups is 1. The molecule has 2 saturated heterocycles. The van der Waals surface area contributed by atoms with Crippen molar-refractivity contribution < 1.29 is 13.2 Å². The number of nitrogens with zero attached hydrogens (tertiary/aromatic N) is 2. The highest BCUT2D eigenvalue weighted by Crippen LogP contribution is 2.47. The standard InChI is InChI=1S/C22H30N4O3S/c27-22(14-26-13-17-8-15-7-16(9-17)11-19(26)10-15)24-18-3-1-4-20(12-18)30(28,29)25-21-5-2-6-23-21/h1,3-4,12,15-17,19H,2,5-11,13-14H2,(H,23,25)(H,24,27). The molecule has 3 heterocycles. The Bertz CT molecular complexity index is 947. The second-order valence-corrected chi connectivity index (χ2v) is 11.2. The lowest BCUT2D eigenvalue weighted by atomic mass is 9.68. The van der Waals surface area contributed by atoms with Gasteiger partial charge in [0.25, 0.3) is 10.0 Å². The third kappa shape index (κ3) is 4.25. The molecule has 2 unspecified atom stereocenters. The number of carbonyl (C=O) groups excluding carboxylic acids is 1. The van der Waals surface area contributed by atoms with Crippen LogP contribution in [0.25, 0.3) is 0 Å². The minimum Gasteiger partial charge on any atom is -0.325 e. The van der Waals surface area contributed by atoms with E-state index in [1.54, 1.807) is 12.1 Å². The van der Waals surface area contributed by atoms with Crippen molar-refractivity contribution >= 4 is 27.5 Å². The Morgan fingerprint density at radius 3 is 2.60 bits per heavy atom. The zero-order chi connectivity index (χ0) is 20.7. The Labute approximate surface area is 178 Å². The van der Waals surface area contributed by atoms with Gasteiger partial charge in [0.2, 0.25) is 5.91 Å². The fourth-order valence-electron chi connectivity index (χ4n) is 6.04. The molecule has 3 aliphatic heterocycles. The number of hydrogen-bond donors (Lipinski definition) is 2. The molecule has 2 N–H and O–H groups in total. The van der Waals surface area contributed by atoms with Gasteiger partial charge in [-0.1, -0.05) is 6.07 Å². The third-order valence-corrected chi connectivity index (χ3v) is 8.50. The summed E-state index contributed by atoms with van der Waals surface area (Å²) in [6.07, 6.45) is 8.00. The second kappa shape index (κ2) is 7.96. The summed E-state index contributed by atoms with van der Waals surface area (Å²) in [6.45, 7) is 2.06. The maximum Gasteiger partial charge on any atom is 0.262 e.